The number of rotatable bonds is 6. The number of hydrogen-bond donors (Lipinski definition) is 2. The summed E-state index contributed by atoms with van der Waals surface area (Å²) in [6.07, 6.45) is 0.452. The van der Waals surface area contributed by atoms with E-state index in [2.05, 4.69) is 4.98 Å². The van der Waals surface area contributed by atoms with Crippen LogP contribution in [0.1, 0.15) is 97.0 Å². The number of carbonyl (C=O) groups excluding carboxylic acids is 3. The number of aromatic nitrogens is 1. The van der Waals surface area contributed by atoms with E-state index in [-0.39, 0.29) is 50.5 Å². The molecule has 0 bridgehead atoms. The Kier molecular flexibility index (Phi) is 8.24. The first-order valence-corrected chi connectivity index (χ1v) is 17.4. The Hall–Kier alpha value is -4.93. The van der Waals surface area contributed by atoms with Crippen LogP contribution in [0.4, 0.5) is 0 Å². The van der Waals surface area contributed by atoms with E-state index in [0.29, 0.717) is 28.1 Å². The molecule has 1 aromatic heterocycles. The minimum atomic E-state index is -4.46. The SMILES string of the molecule is CC(C)(C)c1cc(CCC(=O)Oc2cccc3ccc(C4C(=O)c5cc6ccc(S(=O)(=O)O)cc6cc5C4=O)nc23)cc(C(C)(C)C)c1O. The van der Waals surface area contributed by atoms with E-state index in [1.807, 2.05) is 53.7 Å². The van der Waals surface area contributed by atoms with Crippen LogP contribution in [0.25, 0.3) is 21.7 Å². The van der Waals surface area contributed by atoms with Crippen LogP contribution in [-0.4, -0.2) is 40.6 Å². The van der Waals surface area contributed by atoms with Gasteiger partial charge in [-0.3, -0.25) is 18.9 Å². The van der Waals surface area contributed by atoms with Crippen LogP contribution in [0.15, 0.2) is 77.7 Å². The van der Waals surface area contributed by atoms with Gasteiger partial charge in [-0.1, -0.05) is 77.9 Å². The molecule has 0 saturated carbocycles. The Bertz CT molecular complexity index is 2290. The molecule has 1 heterocycles. The number of hydrogen-bond acceptors (Lipinski definition) is 8. The summed E-state index contributed by atoms with van der Waals surface area (Å²) in [5.74, 6) is -2.19. The molecule has 0 aliphatic heterocycles. The van der Waals surface area contributed by atoms with Crippen molar-refractivity contribution in [2.75, 3.05) is 0 Å². The van der Waals surface area contributed by atoms with E-state index in [0.717, 1.165) is 16.7 Å². The van der Waals surface area contributed by atoms with Gasteiger partial charge in [0.1, 0.15) is 17.2 Å². The number of esters is 1. The van der Waals surface area contributed by atoms with E-state index in [1.165, 1.54) is 30.3 Å². The molecule has 0 fully saturated rings. The maximum Gasteiger partial charge on any atom is 0.311 e. The van der Waals surface area contributed by atoms with E-state index in [9.17, 15) is 32.5 Å². The van der Waals surface area contributed by atoms with Crippen LogP contribution in [0, 0.1) is 0 Å². The molecule has 0 radical (unpaired) electrons. The fourth-order valence-electron chi connectivity index (χ4n) is 6.32. The van der Waals surface area contributed by atoms with Gasteiger partial charge < -0.3 is 9.84 Å². The van der Waals surface area contributed by atoms with Crippen LogP contribution >= 0.6 is 0 Å². The summed E-state index contributed by atoms with van der Waals surface area (Å²) in [7, 11) is -4.46. The van der Waals surface area contributed by atoms with Crippen molar-refractivity contribution in [1.82, 2.24) is 4.98 Å². The highest BCUT2D eigenvalue weighted by Crippen LogP contribution is 2.41. The van der Waals surface area contributed by atoms with Crippen LogP contribution in [0.2, 0.25) is 0 Å². The summed E-state index contributed by atoms with van der Waals surface area (Å²) in [4.78, 5) is 44.7. The van der Waals surface area contributed by atoms with E-state index in [1.54, 1.807) is 30.3 Å². The van der Waals surface area contributed by atoms with Gasteiger partial charge in [-0.2, -0.15) is 8.42 Å². The predicted octanol–water partition coefficient (Wildman–Crippen LogP) is 7.64. The average molecular weight is 680 g/mol. The number of benzene rings is 4. The van der Waals surface area contributed by atoms with Gasteiger partial charge in [-0.25, -0.2) is 4.98 Å². The molecule has 9 nitrogen and oxygen atoms in total. The van der Waals surface area contributed by atoms with Crippen molar-refractivity contribution in [3.8, 4) is 11.5 Å². The number of fused-ring (bicyclic) bond motifs is 3. The lowest BCUT2D eigenvalue weighted by molar-refractivity contribution is -0.134. The van der Waals surface area contributed by atoms with E-state index < -0.39 is 33.6 Å². The second-order valence-electron chi connectivity index (χ2n) is 14.6. The van der Waals surface area contributed by atoms with Crippen molar-refractivity contribution < 1.29 is 37.2 Å². The largest absolute Gasteiger partial charge is 0.507 e. The molecule has 49 heavy (non-hydrogen) atoms. The first-order valence-electron chi connectivity index (χ1n) is 15.9. The molecule has 0 amide bonds. The average Bonchev–Trinajstić information content (AvgIpc) is 3.25. The molecular weight excluding hydrogens is 642 g/mol. The first-order chi connectivity index (χ1) is 22.8. The Morgan fingerprint density at radius 3 is 1.98 bits per heavy atom. The summed E-state index contributed by atoms with van der Waals surface area (Å²) in [5.41, 5.74) is 2.75. The number of ketones is 2. The molecule has 6 rings (SSSR count). The zero-order chi connectivity index (χ0) is 35.6. The number of pyridine rings is 1. The van der Waals surface area contributed by atoms with Crippen LogP contribution in [0.3, 0.4) is 0 Å². The normalized spacial score (nSPS) is 15.2. The van der Waals surface area contributed by atoms with Crippen LogP contribution in [0.5, 0.6) is 11.5 Å². The number of phenols is 1. The maximum absolute atomic E-state index is 13.6. The zero-order valence-corrected chi connectivity index (χ0v) is 28.9. The van der Waals surface area contributed by atoms with Gasteiger partial charge in [0.05, 0.1) is 10.6 Å². The molecule has 1 aliphatic rings. The standard InChI is InChI=1S/C39H37NO8S/c1-38(2,3)28-16-21(17-29(37(28)44)39(4,5)6)10-15-32(41)48-31-9-7-8-22-12-14-30(40-34(22)31)33-35(42)26-19-23-11-13-25(49(45,46)47)18-24(23)20-27(26)36(33)43/h7-9,11-14,16-20,33,44H,10,15H2,1-6H3,(H,45,46,47). The number of ether oxygens (including phenoxy) is 1. The smallest absolute Gasteiger partial charge is 0.311 e. The van der Waals surface area contributed by atoms with Gasteiger partial charge in [0.25, 0.3) is 10.1 Å². The highest BCUT2D eigenvalue weighted by Gasteiger charge is 2.41. The third kappa shape index (κ3) is 6.46. The number of carbonyl (C=O) groups is 3. The number of nitrogens with zero attached hydrogens (tertiary/aromatic N) is 1. The third-order valence-corrected chi connectivity index (χ3v) is 9.78. The zero-order valence-electron chi connectivity index (χ0n) is 28.1. The van der Waals surface area contributed by atoms with E-state index in [4.69, 9.17) is 4.74 Å². The molecule has 1 unspecified atom stereocenters. The van der Waals surface area contributed by atoms with Crippen LogP contribution < -0.4 is 4.74 Å². The topological polar surface area (TPSA) is 148 Å². The number of aryl methyl sites for hydroxylation is 1. The monoisotopic (exact) mass is 679 g/mol. The van der Waals surface area contributed by atoms with Crippen molar-refractivity contribution in [2.24, 2.45) is 0 Å². The van der Waals surface area contributed by atoms with Gasteiger partial charge in [0, 0.05) is 22.9 Å². The molecule has 5 aromatic rings. The van der Waals surface area contributed by atoms with Crippen molar-refractivity contribution in [3.63, 3.8) is 0 Å². The predicted molar refractivity (Wildman–Crippen MR) is 186 cm³/mol. The van der Waals surface area contributed by atoms with Gasteiger partial charge in [0.15, 0.2) is 17.3 Å². The number of Topliss-reactive ketones (excluding diaryl/α,β-unsaturated/α-hetero) is 2. The van der Waals surface area contributed by atoms with Gasteiger partial charge in [-0.05, 0) is 81.1 Å². The maximum atomic E-state index is 13.6. The molecule has 1 atom stereocenters. The number of aromatic hydroxyl groups is 1. The van der Waals surface area contributed by atoms with Crippen molar-refractivity contribution >= 4 is 49.3 Å². The lowest BCUT2D eigenvalue weighted by Crippen LogP contribution is -2.18. The second kappa shape index (κ2) is 11.9. The Labute approximate surface area is 284 Å². The van der Waals surface area contributed by atoms with Gasteiger partial charge >= 0.3 is 5.97 Å². The van der Waals surface area contributed by atoms with E-state index >= 15 is 0 Å². The summed E-state index contributed by atoms with van der Waals surface area (Å²) in [5, 5.41) is 12.6. The summed E-state index contributed by atoms with van der Waals surface area (Å²) in [6, 6.07) is 19.3. The molecule has 10 heteroatoms. The van der Waals surface area contributed by atoms with Crippen LogP contribution in [-0.2, 0) is 32.2 Å². The quantitative estimate of drug-likeness (QED) is 0.0800. The summed E-state index contributed by atoms with van der Waals surface area (Å²) >= 11 is 0. The van der Waals surface area contributed by atoms with Crippen molar-refractivity contribution in [2.45, 2.75) is 76.0 Å². The molecule has 252 valence electrons. The molecule has 4 aromatic carbocycles. The lowest BCUT2D eigenvalue weighted by atomic mass is 9.78. The highest BCUT2D eigenvalue weighted by atomic mass is 32.2. The Morgan fingerprint density at radius 1 is 0.796 bits per heavy atom. The second-order valence-corrected chi connectivity index (χ2v) is 16.0. The number of phenolic OH excluding ortho intramolecular Hbond substituents is 1. The van der Waals surface area contributed by atoms with Crippen molar-refractivity contribution in [1.29, 1.82) is 0 Å². The summed E-state index contributed by atoms with van der Waals surface area (Å²) in [6.45, 7) is 12.2. The number of para-hydroxylation sites is 1. The molecule has 2 N–H and O–H groups in total. The Morgan fingerprint density at radius 2 is 1.39 bits per heavy atom. The minimum Gasteiger partial charge on any atom is -0.507 e. The molecular formula is C39H37NO8S. The minimum absolute atomic E-state index is 0.0653. The fourth-order valence-corrected chi connectivity index (χ4v) is 6.84. The fraction of sp³-hybridized carbons (Fsp3) is 0.282. The molecule has 0 saturated heterocycles. The van der Waals surface area contributed by atoms with Gasteiger partial charge in [0.2, 0.25) is 0 Å². The van der Waals surface area contributed by atoms with Crippen molar-refractivity contribution in [3.05, 3.63) is 106 Å². The lowest BCUT2D eigenvalue weighted by Gasteiger charge is -2.28. The molecule has 1 aliphatic carbocycles. The summed E-state index contributed by atoms with van der Waals surface area (Å²) < 4.78 is 38.6. The van der Waals surface area contributed by atoms with Gasteiger partial charge in [-0.15, -0.1) is 0 Å². The third-order valence-electron chi connectivity index (χ3n) is 8.93. The molecule has 0 spiro atoms. The highest BCUT2D eigenvalue weighted by molar-refractivity contribution is 7.85. The Balaban J connectivity index is 1.27. The first kappa shape index (κ1) is 34.0.